The Morgan fingerprint density at radius 3 is 1.41 bits per heavy atom. The maximum absolute atomic E-state index is 9.92. The molecule has 0 bridgehead atoms. The van der Waals surface area contributed by atoms with Crippen molar-refractivity contribution >= 4 is 0 Å². The van der Waals surface area contributed by atoms with E-state index in [-0.39, 0.29) is 0 Å². The minimum absolute atomic E-state index is 0.290. The van der Waals surface area contributed by atoms with Crippen LogP contribution >= 0.6 is 0 Å². The van der Waals surface area contributed by atoms with Crippen LogP contribution < -0.4 is 0 Å². The van der Waals surface area contributed by atoms with E-state index in [0.717, 1.165) is 31.3 Å². The predicted octanol–water partition coefficient (Wildman–Crippen LogP) is 5.06. The van der Waals surface area contributed by atoms with E-state index in [1.54, 1.807) is 0 Å². The number of aliphatic hydroxyl groups is 1. The maximum Gasteiger partial charge on any atom is 0.0586 e. The zero-order valence-electron chi connectivity index (χ0n) is 16.6. The fourth-order valence-electron chi connectivity index (χ4n) is 3.16. The molecule has 0 spiro atoms. The highest BCUT2D eigenvalue weighted by Crippen LogP contribution is 2.23. The predicted molar refractivity (Wildman–Crippen MR) is 99.1 cm³/mol. The van der Waals surface area contributed by atoms with Crippen LogP contribution in [-0.2, 0) is 0 Å². The number of hydrogen-bond acceptors (Lipinski definition) is 2. The van der Waals surface area contributed by atoms with Crippen molar-refractivity contribution in [2.45, 2.75) is 80.7 Å². The smallest absolute Gasteiger partial charge is 0.0586 e. The van der Waals surface area contributed by atoms with E-state index in [0.29, 0.717) is 30.4 Å². The van der Waals surface area contributed by atoms with Crippen molar-refractivity contribution in [1.82, 2.24) is 4.90 Å². The van der Waals surface area contributed by atoms with Gasteiger partial charge in [0.1, 0.15) is 0 Å². The Morgan fingerprint density at radius 2 is 1.14 bits per heavy atom. The van der Waals surface area contributed by atoms with Gasteiger partial charge in [-0.3, -0.25) is 4.90 Å². The zero-order valence-corrected chi connectivity index (χ0v) is 16.6. The Balaban J connectivity index is 4.94. The Kier molecular flexibility index (Phi) is 11.4. The van der Waals surface area contributed by atoms with Crippen LogP contribution in [0.2, 0.25) is 0 Å². The summed E-state index contributed by atoms with van der Waals surface area (Å²) in [6.45, 7) is 21.1. The molecule has 22 heavy (non-hydrogen) atoms. The van der Waals surface area contributed by atoms with Gasteiger partial charge in [0.05, 0.1) is 6.61 Å². The number of hydrogen-bond donors (Lipinski definition) is 1. The summed E-state index contributed by atoms with van der Waals surface area (Å²) in [6.07, 6.45) is 3.57. The second kappa shape index (κ2) is 11.5. The van der Waals surface area contributed by atoms with Gasteiger partial charge in [-0.25, -0.2) is 0 Å². The maximum atomic E-state index is 9.92. The van der Waals surface area contributed by atoms with Crippen LogP contribution in [0.15, 0.2) is 0 Å². The van der Waals surface area contributed by atoms with E-state index in [2.05, 4.69) is 60.3 Å². The molecule has 0 saturated heterocycles. The van der Waals surface area contributed by atoms with E-state index in [1.165, 1.54) is 12.8 Å². The van der Waals surface area contributed by atoms with Gasteiger partial charge >= 0.3 is 0 Å². The molecule has 0 fully saturated rings. The van der Waals surface area contributed by atoms with Crippen LogP contribution in [0.5, 0.6) is 0 Å². The third-order valence-corrected chi connectivity index (χ3v) is 5.75. The first-order valence-corrected chi connectivity index (χ1v) is 9.61. The van der Waals surface area contributed by atoms with Crippen LogP contribution in [-0.4, -0.2) is 35.7 Å². The van der Waals surface area contributed by atoms with Crippen LogP contribution in [0.3, 0.4) is 0 Å². The lowest BCUT2D eigenvalue weighted by molar-refractivity contribution is 0.0655. The van der Waals surface area contributed by atoms with Crippen molar-refractivity contribution in [3.8, 4) is 0 Å². The fraction of sp³-hybridized carbons (Fsp3) is 1.00. The summed E-state index contributed by atoms with van der Waals surface area (Å²) in [5.74, 6) is 3.52. The first kappa shape index (κ1) is 21.9. The molecule has 5 atom stereocenters. The topological polar surface area (TPSA) is 23.5 Å². The SMILES string of the molecule is CCC(C)C(C)CN(CC(C)C(C)CC)C(CO)CC(C)C. The van der Waals surface area contributed by atoms with Crippen LogP contribution in [0.4, 0.5) is 0 Å². The number of aliphatic hydroxyl groups excluding tert-OH is 1. The normalized spacial score (nSPS) is 19.2. The fourth-order valence-corrected chi connectivity index (χ4v) is 3.16. The van der Waals surface area contributed by atoms with Gasteiger partial charge in [0.2, 0.25) is 0 Å². The largest absolute Gasteiger partial charge is 0.395 e. The van der Waals surface area contributed by atoms with E-state index in [9.17, 15) is 5.11 Å². The van der Waals surface area contributed by atoms with Crippen LogP contribution in [0.25, 0.3) is 0 Å². The lowest BCUT2D eigenvalue weighted by Gasteiger charge is -2.37. The molecule has 0 aromatic rings. The molecule has 1 N–H and O–H groups in total. The first-order chi connectivity index (χ1) is 10.3. The number of rotatable bonds is 12. The summed E-state index contributed by atoms with van der Waals surface area (Å²) in [5, 5.41) is 9.92. The molecule has 0 aliphatic carbocycles. The van der Waals surface area contributed by atoms with Crippen molar-refractivity contribution in [1.29, 1.82) is 0 Å². The quantitative estimate of drug-likeness (QED) is 0.544. The molecular formula is C20H43NO. The molecule has 2 heteroatoms. The third kappa shape index (κ3) is 7.97. The molecule has 0 heterocycles. The summed E-state index contributed by atoms with van der Waals surface area (Å²) in [4.78, 5) is 2.59. The summed E-state index contributed by atoms with van der Waals surface area (Å²) in [7, 11) is 0. The van der Waals surface area contributed by atoms with Gasteiger partial charge in [0.15, 0.2) is 0 Å². The van der Waals surface area contributed by atoms with Crippen molar-refractivity contribution in [3.05, 3.63) is 0 Å². The molecule has 5 unspecified atom stereocenters. The van der Waals surface area contributed by atoms with Crippen molar-refractivity contribution < 1.29 is 5.11 Å². The molecule has 0 rings (SSSR count). The highest BCUT2D eigenvalue weighted by molar-refractivity contribution is 4.78. The van der Waals surface area contributed by atoms with E-state index in [1.807, 2.05) is 0 Å². The van der Waals surface area contributed by atoms with Crippen molar-refractivity contribution in [3.63, 3.8) is 0 Å². The van der Waals surface area contributed by atoms with E-state index < -0.39 is 0 Å². The minimum Gasteiger partial charge on any atom is -0.395 e. The summed E-state index contributed by atoms with van der Waals surface area (Å²) >= 11 is 0. The lowest BCUT2D eigenvalue weighted by Crippen LogP contribution is -2.45. The monoisotopic (exact) mass is 313 g/mol. The third-order valence-electron chi connectivity index (χ3n) is 5.75. The van der Waals surface area contributed by atoms with Crippen LogP contribution in [0, 0.1) is 29.6 Å². The molecule has 0 saturated carbocycles. The lowest BCUT2D eigenvalue weighted by atomic mass is 9.89. The molecule has 0 aromatic heterocycles. The zero-order chi connectivity index (χ0) is 17.3. The van der Waals surface area contributed by atoms with Gasteiger partial charge in [0, 0.05) is 19.1 Å². The second-order valence-electron chi connectivity index (χ2n) is 8.15. The summed E-state index contributed by atoms with van der Waals surface area (Å²) in [6, 6.07) is 0.318. The van der Waals surface area contributed by atoms with Crippen LogP contribution in [0.1, 0.15) is 74.7 Å². The Bertz CT molecular complexity index is 248. The van der Waals surface area contributed by atoms with Gasteiger partial charge in [-0.15, -0.1) is 0 Å². The summed E-state index contributed by atoms with van der Waals surface area (Å²) < 4.78 is 0. The molecule has 0 aliphatic heterocycles. The second-order valence-corrected chi connectivity index (χ2v) is 8.15. The highest BCUT2D eigenvalue weighted by atomic mass is 16.3. The van der Waals surface area contributed by atoms with Gasteiger partial charge in [-0.05, 0) is 36.0 Å². The molecular weight excluding hydrogens is 270 g/mol. The van der Waals surface area contributed by atoms with Crippen molar-refractivity contribution in [2.24, 2.45) is 29.6 Å². The molecule has 0 aliphatic rings. The van der Waals surface area contributed by atoms with Gasteiger partial charge in [0.25, 0.3) is 0 Å². The molecule has 134 valence electrons. The molecule has 2 nitrogen and oxygen atoms in total. The molecule has 0 radical (unpaired) electrons. The molecule has 0 aromatic carbocycles. The minimum atomic E-state index is 0.290. The Morgan fingerprint density at radius 1 is 0.727 bits per heavy atom. The van der Waals surface area contributed by atoms with Gasteiger partial charge < -0.3 is 5.11 Å². The molecule has 0 amide bonds. The summed E-state index contributed by atoms with van der Waals surface area (Å²) in [5.41, 5.74) is 0. The van der Waals surface area contributed by atoms with Crippen molar-refractivity contribution in [2.75, 3.05) is 19.7 Å². The Hall–Kier alpha value is -0.0800. The number of nitrogens with zero attached hydrogens (tertiary/aromatic N) is 1. The average molecular weight is 314 g/mol. The highest BCUT2D eigenvalue weighted by Gasteiger charge is 2.25. The van der Waals surface area contributed by atoms with Gasteiger partial charge in [-0.2, -0.15) is 0 Å². The standard InChI is InChI=1S/C20H43NO/c1-9-16(5)18(7)12-21(13-19(8)17(6)10-2)20(14-22)11-15(3)4/h15-20,22H,9-14H2,1-8H3. The van der Waals surface area contributed by atoms with Gasteiger partial charge in [-0.1, -0.05) is 68.2 Å². The average Bonchev–Trinajstić information content (AvgIpc) is 2.49. The first-order valence-electron chi connectivity index (χ1n) is 9.61. The van der Waals surface area contributed by atoms with E-state index >= 15 is 0 Å². The Labute approximate surface area is 140 Å². The van der Waals surface area contributed by atoms with E-state index in [4.69, 9.17) is 0 Å².